The molecule has 58 heavy (non-hydrogen) atoms. The summed E-state index contributed by atoms with van der Waals surface area (Å²) in [6.45, 7) is 3.14. The smallest absolute Gasteiger partial charge is 0.308 e. The van der Waals surface area contributed by atoms with Crippen molar-refractivity contribution in [3.8, 4) is 28.8 Å². The third-order valence-corrected chi connectivity index (χ3v) is 9.78. The Morgan fingerprint density at radius 2 is 0.776 bits per heavy atom. The van der Waals surface area contributed by atoms with Crippen molar-refractivity contribution in [1.82, 2.24) is 19.1 Å². The third kappa shape index (κ3) is 6.32. The summed E-state index contributed by atoms with van der Waals surface area (Å²) < 4.78 is 172. The van der Waals surface area contributed by atoms with E-state index in [4.69, 9.17) is 0 Å². The van der Waals surface area contributed by atoms with E-state index in [1.165, 1.54) is 6.07 Å². The van der Waals surface area contributed by atoms with Crippen molar-refractivity contribution in [3.63, 3.8) is 0 Å². The predicted molar refractivity (Wildman–Crippen MR) is 190 cm³/mol. The standard InChI is InChI=1S/C41H21F12N5/c1-19-11-20(2)56-37(55-19)30-17-31(57-33-13-22(38(42,43)44)3-7-26(33)27-8-4-23(14-34(27)57)39(45,46)47)21(18-54)12-32(30)58-35-15-24(40(48,49)50)5-9-28(35)29-10-6-25(16-36(29)58)41(51,52)53/h3-17H,1-2H3. The second-order valence-corrected chi connectivity index (χ2v) is 13.6. The summed E-state index contributed by atoms with van der Waals surface area (Å²) in [4.78, 5) is 8.94. The second kappa shape index (κ2) is 12.7. The van der Waals surface area contributed by atoms with Crippen LogP contribution in [0.25, 0.3) is 66.4 Å². The highest BCUT2D eigenvalue weighted by Crippen LogP contribution is 2.45. The number of alkyl halides is 12. The predicted octanol–water partition coefficient (Wildman–Crippen LogP) is 12.9. The molecule has 0 aliphatic carbocycles. The molecule has 0 spiro atoms. The molecule has 8 rings (SSSR count). The van der Waals surface area contributed by atoms with Gasteiger partial charge in [0, 0.05) is 38.5 Å². The van der Waals surface area contributed by atoms with Gasteiger partial charge in [-0.3, -0.25) is 0 Å². The quantitative estimate of drug-likeness (QED) is 0.167. The summed E-state index contributed by atoms with van der Waals surface area (Å²) in [5.41, 5.74) is -6.02. The molecule has 5 aromatic carbocycles. The maximum absolute atomic E-state index is 14.2. The van der Waals surface area contributed by atoms with Gasteiger partial charge in [0.15, 0.2) is 5.82 Å². The Morgan fingerprint density at radius 3 is 1.09 bits per heavy atom. The molecule has 3 heterocycles. The Morgan fingerprint density at radius 1 is 0.448 bits per heavy atom. The van der Waals surface area contributed by atoms with E-state index in [9.17, 15) is 57.9 Å². The lowest BCUT2D eigenvalue weighted by Crippen LogP contribution is -2.09. The van der Waals surface area contributed by atoms with Gasteiger partial charge in [-0.2, -0.15) is 57.9 Å². The molecule has 294 valence electrons. The SMILES string of the molecule is Cc1cc(C)nc(-c2cc(-n3c4cc(C(F)(F)F)ccc4c4ccc(C(F)(F)F)cc43)c(C#N)cc2-n2c3cc(C(F)(F)F)ccc3c3ccc(C(F)(F)F)cc32)n1. The van der Waals surface area contributed by atoms with E-state index in [1.807, 2.05) is 6.07 Å². The Labute approximate surface area is 318 Å². The van der Waals surface area contributed by atoms with E-state index in [0.29, 0.717) is 23.5 Å². The monoisotopic (exact) mass is 811 g/mol. The molecular formula is C41H21F12N5. The van der Waals surface area contributed by atoms with Gasteiger partial charge >= 0.3 is 24.7 Å². The third-order valence-electron chi connectivity index (χ3n) is 9.78. The fourth-order valence-electron chi connectivity index (χ4n) is 7.32. The molecule has 0 unspecified atom stereocenters. The summed E-state index contributed by atoms with van der Waals surface area (Å²) >= 11 is 0. The first-order valence-corrected chi connectivity index (χ1v) is 16.9. The van der Waals surface area contributed by atoms with Gasteiger partial charge in [-0.05, 0) is 80.6 Å². The number of nitriles is 1. The molecule has 0 bridgehead atoms. The number of hydrogen-bond acceptors (Lipinski definition) is 3. The van der Waals surface area contributed by atoms with Gasteiger partial charge in [0.2, 0.25) is 0 Å². The van der Waals surface area contributed by atoms with Crippen molar-refractivity contribution in [2.24, 2.45) is 0 Å². The van der Waals surface area contributed by atoms with Crippen LogP contribution < -0.4 is 0 Å². The molecule has 0 saturated heterocycles. The zero-order valence-electron chi connectivity index (χ0n) is 29.4. The van der Waals surface area contributed by atoms with Crippen LogP contribution >= 0.6 is 0 Å². The minimum atomic E-state index is -4.91. The van der Waals surface area contributed by atoms with Crippen LogP contribution in [0.1, 0.15) is 39.2 Å². The number of halogens is 12. The lowest BCUT2D eigenvalue weighted by atomic mass is 10.0. The van der Waals surface area contributed by atoms with Crippen molar-refractivity contribution in [1.29, 1.82) is 5.26 Å². The number of rotatable bonds is 3. The lowest BCUT2D eigenvalue weighted by Gasteiger charge is -2.19. The van der Waals surface area contributed by atoms with Crippen LogP contribution in [0, 0.1) is 25.2 Å². The van der Waals surface area contributed by atoms with E-state index in [1.54, 1.807) is 19.9 Å². The first-order valence-electron chi connectivity index (χ1n) is 16.9. The van der Waals surface area contributed by atoms with Gasteiger partial charge < -0.3 is 9.13 Å². The summed E-state index contributed by atoms with van der Waals surface area (Å²) in [7, 11) is 0. The maximum atomic E-state index is 14.2. The van der Waals surface area contributed by atoms with Crippen LogP contribution in [-0.2, 0) is 24.7 Å². The van der Waals surface area contributed by atoms with Gasteiger partial charge in [-0.15, -0.1) is 0 Å². The molecule has 0 saturated carbocycles. The number of aromatic nitrogens is 4. The highest BCUT2D eigenvalue weighted by molar-refractivity contribution is 6.11. The van der Waals surface area contributed by atoms with Gasteiger partial charge in [0.1, 0.15) is 6.07 Å². The normalized spacial score (nSPS) is 13.0. The van der Waals surface area contributed by atoms with Crippen LogP contribution in [0.3, 0.4) is 0 Å². The summed E-state index contributed by atoms with van der Waals surface area (Å²) in [6, 6.07) is 15.9. The average molecular weight is 812 g/mol. The number of hydrogen-bond donors (Lipinski definition) is 0. The number of nitrogens with zero attached hydrogens (tertiary/aromatic N) is 5. The molecule has 0 fully saturated rings. The zero-order valence-corrected chi connectivity index (χ0v) is 29.4. The molecule has 17 heteroatoms. The molecule has 0 radical (unpaired) electrons. The van der Waals surface area contributed by atoms with Crippen molar-refractivity contribution in [3.05, 3.63) is 130 Å². The van der Waals surface area contributed by atoms with Gasteiger partial charge in [-0.1, -0.05) is 24.3 Å². The van der Waals surface area contributed by atoms with Crippen molar-refractivity contribution in [2.45, 2.75) is 38.6 Å². The topological polar surface area (TPSA) is 59.4 Å². The largest absolute Gasteiger partial charge is 0.416 e. The molecule has 8 aromatic rings. The Hall–Kier alpha value is -6.57. The lowest BCUT2D eigenvalue weighted by molar-refractivity contribution is -0.138. The first-order chi connectivity index (χ1) is 27.0. The minimum absolute atomic E-state index is 0.0793. The van der Waals surface area contributed by atoms with E-state index in [0.717, 1.165) is 75.9 Å². The minimum Gasteiger partial charge on any atom is -0.308 e. The molecule has 5 nitrogen and oxygen atoms in total. The van der Waals surface area contributed by atoms with Gasteiger partial charge in [0.05, 0.1) is 61.3 Å². The number of aryl methyl sites for hydroxylation is 2. The van der Waals surface area contributed by atoms with Crippen LogP contribution in [0.5, 0.6) is 0 Å². The molecular weight excluding hydrogens is 790 g/mol. The highest BCUT2D eigenvalue weighted by Gasteiger charge is 2.36. The summed E-state index contributed by atoms with van der Waals surface area (Å²) in [5, 5.41) is 11.0. The Kier molecular flexibility index (Phi) is 8.40. The van der Waals surface area contributed by atoms with Crippen LogP contribution in [-0.4, -0.2) is 19.1 Å². The highest BCUT2D eigenvalue weighted by atomic mass is 19.4. The van der Waals surface area contributed by atoms with Crippen LogP contribution in [0.15, 0.2) is 91.0 Å². The molecule has 0 aliphatic heterocycles. The zero-order chi connectivity index (χ0) is 41.9. The van der Waals surface area contributed by atoms with Gasteiger partial charge in [-0.25, -0.2) is 9.97 Å². The van der Waals surface area contributed by atoms with Crippen molar-refractivity contribution in [2.75, 3.05) is 0 Å². The summed E-state index contributed by atoms with van der Waals surface area (Å²) in [6.07, 6.45) is -19.6. The van der Waals surface area contributed by atoms with Crippen LogP contribution in [0.2, 0.25) is 0 Å². The fourth-order valence-corrected chi connectivity index (χ4v) is 7.32. The van der Waals surface area contributed by atoms with Crippen LogP contribution in [0.4, 0.5) is 52.7 Å². The number of benzene rings is 5. The molecule has 0 atom stereocenters. The van der Waals surface area contributed by atoms with Gasteiger partial charge in [0.25, 0.3) is 0 Å². The van der Waals surface area contributed by atoms with Crippen molar-refractivity contribution >= 4 is 43.6 Å². The molecule has 0 amide bonds. The first kappa shape index (κ1) is 38.3. The second-order valence-electron chi connectivity index (χ2n) is 13.6. The Bertz CT molecular complexity index is 2880. The summed E-state index contributed by atoms with van der Waals surface area (Å²) in [5.74, 6) is -0.167. The Balaban J connectivity index is 1.57. The maximum Gasteiger partial charge on any atom is 0.416 e. The molecule has 3 aromatic heterocycles. The van der Waals surface area contributed by atoms with E-state index in [-0.39, 0.29) is 66.4 Å². The average Bonchev–Trinajstić information content (AvgIpc) is 3.63. The van der Waals surface area contributed by atoms with E-state index < -0.39 is 52.5 Å². The van der Waals surface area contributed by atoms with E-state index >= 15 is 0 Å². The van der Waals surface area contributed by atoms with E-state index in [2.05, 4.69) is 9.97 Å². The molecule has 0 N–H and O–H groups in total. The fraction of sp³-hybridized carbons (Fsp3) is 0.146. The molecule has 0 aliphatic rings. The number of fused-ring (bicyclic) bond motifs is 6. The van der Waals surface area contributed by atoms with Crippen molar-refractivity contribution < 1.29 is 52.7 Å².